The Morgan fingerprint density at radius 2 is 2.00 bits per heavy atom. The van der Waals surface area contributed by atoms with E-state index in [1.807, 2.05) is 12.3 Å². The van der Waals surface area contributed by atoms with E-state index in [0.29, 0.717) is 25.2 Å². The van der Waals surface area contributed by atoms with E-state index in [-0.39, 0.29) is 10.8 Å². The molecule has 1 saturated heterocycles. The van der Waals surface area contributed by atoms with E-state index >= 15 is 0 Å². The lowest BCUT2D eigenvalue weighted by molar-refractivity contribution is 0.0952. The molecule has 25 heavy (non-hydrogen) atoms. The molecule has 0 atom stereocenters. The molecule has 0 bridgehead atoms. The second-order valence-electron chi connectivity index (χ2n) is 6.02. The summed E-state index contributed by atoms with van der Waals surface area (Å²) < 4.78 is 28.5. The van der Waals surface area contributed by atoms with Crippen LogP contribution in [0.5, 0.6) is 0 Å². The number of aromatic nitrogens is 2. The van der Waals surface area contributed by atoms with Crippen molar-refractivity contribution in [2.24, 2.45) is 0 Å². The molecule has 2 aromatic rings. The highest BCUT2D eigenvalue weighted by molar-refractivity contribution is 7.89. The molecule has 2 heterocycles. The fourth-order valence-electron chi connectivity index (χ4n) is 2.85. The topological polar surface area (TPSA) is 84.3 Å². The van der Waals surface area contributed by atoms with Gasteiger partial charge in [-0.2, -0.15) is 9.40 Å². The van der Waals surface area contributed by atoms with E-state index in [0.717, 1.165) is 25.8 Å². The first kappa shape index (κ1) is 17.6. The maximum atomic E-state index is 12.6. The molecule has 1 N–H and O–H groups in total. The number of hydrogen-bond acceptors (Lipinski definition) is 4. The zero-order valence-corrected chi connectivity index (χ0v) is 14.8. The van der Waals surface area contributed by atoms with Gasteiger partial charge in [-0.15, -0.1) is 0 Å². The number of hydrogen-bond donors (Lipinski definition) is 1. The number of rotatable bonds is 7. The number of carbonyl (C=O) groups is 1. The van der Waals surface area contributed by atoms with Crippen LogP contribution in [0, 0.1) is 0 Å². The van der Waals surface area contributed by atoms with Crippen molar-refractivity contribution in [2.45, 2.75) is 30.7 Å². The Balaban J connectivity index is 1.59. The molecule has 7 nitrogen and oxygen atoms in total. The van der Waals surface area contributed by atoms with Crippen LogP contribution in [0.3, 0.4) is 0 Å². The van der Waals surface area contributed by atoms with Crippen molar-refractivity contribution in [2.75, 3.05) is 19.6 Å². The average Bonchev–Trinajstić information content (AvgIpc) is 3.32. The van der Waals surface area contributed by atoms with Crippen LogP contribution < -0.4 is 5.32 Å². The van der Waals surface area contributed by atoms with Gasteiger partial charge in [0.05, 0.1) is 4.90 Å². The largest absolute Gasteiger partial charge is 0.352 e. The second-order valence-corrected chi connectivity index (χ2v) is 7.96. The van der Waals surface area contributed by atoms with Gasteiger partial charge in [-0.1, -0.05) is 6.07 Å². The Hall–Kier alpha value is -2.19. The smallest absolute Gasteiger partial charge is 0.251 e. The van der Waals surface area contributed by atoms with E-state index in [4.69, 9.17) is 0 Å². The summed E-state index contributed by atoms with van der Waals surface area (Å²) >= 11 is 0. The van der Waals surface area contributed by atoms with Crippen molar-refractivity contribution in [1.29, 1.82) is 0 Å². The third-order valence-corrected chi connectivity index (χ3v) is 6.10. The van der Waals surface area contributed by atoms with Crippen molar-refractivity contribution in [3.05, 3.63) is 48.3 Å². The molecule has 1 aliphatic rings. The summed E-state index contributed by atoms with van der Waals surface area (Å²) in [7, 11) is -3.51. The lowest BCUT2D eigenvalue weighted by atomic mass is 10.2. The summed E-state index contributed by atoms with van der Waals surface area (Å²) in [5.41, 5.74) is 0.361. The van der Waals surface area contributed by atoms with Gasteiger partial charge < -0.3 is 5.32 Å². The van der Waals surface area contributed by atoms with Gasteiger partial charge in [0, 0.05) is 44.1 Å². The van der Waals surface area contributed by atoms with Crippen LogP contribution >= 0.6 is 0 Å². The Labute approximate surface area is 147 Å². The molecular weight excluding hydrogens is 340 g/mol. The molecule has 1 aromatic heterocycles. The van der Waals surface area contributed by atoms with Crippen molar-refractivity contribution >= 4 is 15.9 Å². The molecule has 1 aromatic carbocycles. The van der Waals surface area contributed by atoms with Crippen LogP contribution in [0.2, 0.25) is 0 Å². The molecule has 0 radical (unpaired) electrons. The molecule has 8 heteroatoms. The van der Waals surface area contributed by atoms with Crippen LogP contribution in [0.4, 0.5) is 0 Å². The van der Waals surface area contributed by atoms with Gasteiger partial charge in [0.2, 0.25) is 10.0 Å². The molecule has 1 fully saturated rings. The minimum Gasteiger partial charge on any atom is -0.352 e. The van der Waals surface area contributed by atoms with Gasteiger partial charge in [-0.25, -0.2) is 8.42 Å². The first-order valence-electron chi connectivity index (χ1n) is 8.43. The monoisotopic (exact) mass is 362 g/mol. The third-order valence-electron chi connectivity index (χ3n) is 4.21. The molecule has 134 valence electrons. The van der Waals surface area contributed by atoms with E-state index in [9.17, 15) is 13.2 Å². The SMILES string of the molecule is O=C(NCCCn1cccn1)c1cccc(S(=O)(=O)N2CCCC2)c1. The van der Waals surface area contributed by atoms with E-state index in [1.165, 1.54) is 10.4 Å². The highest BCUT2D eigenvalue weighted by Crippen LogP contribution is 2.21. The van der Waals surface area contributed by atoms with Crippen LogP contribution in [0.1, 0.15) is 29.6 Å². The molecular formula is C17H22N4O3S. The number of carbonyl (C=O) groups excluding carboxylic acids is 1. The third kappa shape index (κ3) is 4.26. The van der Waals surface area contributed by atoms with Crippen molar-refractivity contribution in [3.8, 4) is 0 Å². The molecule has 3 rings (SSSR count). The fourth-order valence-corrected chi connectivity index (χ4v) is 4.42. The molecule has 0 saturated carbocycles. The average molecular weight is 362 g/mol. The maximum Gasteiger partial charge on any atom is 0.251 e. The Morgan fingerprint density at radius 1 is 1.20 bits per heavy atom. The van der Waals surface area contributed by atoms with Crippen LogP contribution in [0.25, 0.3) is 0 Å². The summed E-state index contributed by atoms with van der Waals surface area (Å²) in [4.78, 5) is 12.4. The van der Waals surface area contributed by atoms with Crippen LogP contribution in [0.15, 0.2) is 47.6 Å². The number of nitrogens with zero attached hydrogens (tertiary/aromatic N) is 3. The summed E-state index contributed by atoms with van der Waals surface area (Å²) in [5, 5.41) is 6.92. The predicted octanol–water partition coefficient (Wildman–Crippen LogP) is 1.49. The standard InChI is InChI=1S/C17H22N4O3S/c22-17(18-8-4-10-20-11-5-9-19-20)15-6-3-7-16(14-15)25(23,24)21-12-1-2-13-21/h3,5-7,9,11,14H,1-2,4,8,10,12-13H2,(H,18,22). The summed E-state index contributed by atoms with van der Waals surface area (Å²) in [6.07, 6.45) is 6.10. The van der Waals surface area contributed by atoms with E-state index in [1.54, 1.807) is 29.1 Å². The maximum absolute atomic E-state index is 12.6. The Bertz CT molecular complexity index is 812. The number of amides is 1. The summed E-state index contributed by atoms with van der Waals surface area (Å²) in [6, 6.07) is 8.09. The number of nitrogens with one attached hydrogen (secondary N) is 1. The number of aryl methyl sites for hydroxylation is 1. The van der Waals surface area contributed by atoms with Gasteiger partial charge in [0.1, 0.15) is 0 Å². The van der Waals surface area contributed by atoms with Gasteiger partial charge in [0.25, 0.3) is 5.91 Å². The van der Waals surface area contributed by atoms with Gasteiger partial charge in [-0.3, -0.25) is 9.48 Å². The van der Waals surface area contributed by atoms with E-state index in [2.05, 4.69) is 10.4 Å². The minimum atomic E-state index is -3.51. The molecule has 0 aliphatic carbocycles. The Kier molecular flexibility index (Phi) is 5.50. The molecule has 1 amide bonds. The molecule has 0 unspecified atom stereocenters. The lowest BCUT2D eigenvalue weighted by Gasteiger charge is -2.16. The molecule has 0 spiro atoms. The van der Waals surface area contributed by atoms with Gasteiger partial charge >= 0.3 is 0 Å². The first-order valence-corrected chi connectivity index (χ1v) is 9.87. The lowest BCUT2D eigenvalue weighted by Crippen LogP contribution is -2.29. The quantitative estimate of drug-likeness (QED) is 0.756. The van der Waals surface area contributed by atoms with Crippen molar-refractivity contribution < 1.29 is 13.2 Å². The number of benzene rings is 1. The zero-order chi connectivity index (χ0) is 17.7. The summed E-state index contributed by atoms with van der Waals surface area (Å²) in [6.45, 7) is 2.32. The first-order chi connectivity index (χ1) is 12.1. The van der Waals surface area contributed by atoms with Gasteiger partial charge in [0.15, 0.2) is 0 Å². The van der Waals surface area contributed by atoms with Crippen LogP contribution in [-0.4, -0.2) is 48.0 Å². The molecule has 1 aliphatic heterocycles. The highest BCUT2D eigenvalue weighted by atomic mass is 32.2. The fraction of sp³-hybridized carbons (Fsp3) is 0.412. The van der Waals surface area contributed by atoms with Crippen molar-refractivity contribution in [1.82, 2.24) is 19.4 Å². The second kappa shape index (κ2) is 7.79. The minimum absolute atomic E-state index is 0.179. The number of sulfonamides is 1. The van der Waals surface area contributed by atoms with E-state index < -0.39 is 10.0 Å². The zero-order valence-electron chi connectivity index (χ0n) is 14.0. The van der Waals surface area contributed by atoms with Crippen molar-refractivity contribution in [3.63, 3.8) is 0 Å². The Morgan fingerprint density at radius 3 is 2.72 bits per heavy atom. The highest BCUT2D eigenvalue weighted by Gasteiger charge is 2.27. The van der Waals surface area contributed by atoms with Crippen LogP contribution in [-0.2, 0) is 16.6 Å². The predicted molar refractivity (Wildman–Crippen MR) is 93.6 cm³/mol. The summed E-state index contributed by atoms with van der Waals surface area (Å²) in [5.74, 6) is -0.265. The normalized spacial score (nSPS) is 15.4. The van der Waals surface area contributed by atoms with Gasteiger partial charge in [-0.05, 0) is 43.5 Å².